The predicted molar refractivity (Wildman–Crippen MR) is 42.4 cm³/mol. The summed E-state index contributed by atoms with van der Waals surface area (Å²) in [7, 11) is 0. The highest BCUT2D eigenvalue weighted by Gasteiger charge is 2.16. The minimum absolute atomic E-state index is 0.281. The second-order valence-electron chi connectivity index (χ2n) is 2.28. The van der Waals surface area contributed by atoms with Crippen LogP contribution in [0.1, 0.15) is 10.4 Å². The molecule has 1 aromatic carbocycles. The molecule has 0 amide bonds. The van der Waals surface area contributed by atoms with Crippen LogP contribution in [-0.4, -0.2) is 12.0 Å². The Morgan fingerprint density at radius 2 is 2.00 bits per heavy atom. The summed E-state index contributed by atoms with van der Waals surface area (Å²) < 4.78 is 4.75. The molecule has 60 valence electrons. The summed E-state index contributed by atoms with van der Waals surface area (Å²) in [5, 5.41) is 3.49. The molecule has 0 aromatic heterocycles. The van der Waals surface area contributed by atoms with Crippen molar-refractivity contribution < 1.29 is 9.53 Å². The molecule has 0 aliphatic carbocycles. The monoisotopic (exact) mass is 162 g/mol. The van der Waals surface area contributed by atoms with Crippen molar-refractivity contribution in [2.75, 3.05) is 0 Å². The maximum Gasteiger partial charge on any atom is 0.345 e. The molecule has 0 fully saturated rings. The van der Waals surface area contributed by atoms with Crippen molar-refractivity contribution in [1.82, 2.24) is 5.43 Å². The highest BCUT2D eigenvalue weighted by atomic mass is 16.6. The highest BCUT2D eigenvalue weighted by Crippen LogP contribution is 2.02. The maximum atomic E-state index is 11.2. The van der Waals surface area contributed by atoms with Gasteiger partial charge in [0.1, 0.15) is 0 Å². The molecule has 0 bridgehead atoms. The van der Waals surface area contributed by atoms with Gasteiger partial charge in [0.25, 0.3) is 0 Å². The number of nitrogens with one attached hydrogen (secondary N) is 1. The maximum absolute atomic E-state index is 11.2. The van der Waals surface area contributed by atoms with Crippen LogP contribution in [0, 0.1) is 0 Å². The van der Waals surface area contributed by atoms with E-state index >= 15 is 0 Å². The first-order valence-corrected chi connectivity index (χ1v) is 3.47. The fraction of sp³-hybridized carbons (Fsp3) is 0. The fourth-order valence-electron chi connectivity index (χ4n) is 0.789. The lowest BCUT2D eigenvalue weighted by molar-refractivity contribution is 0.0720. The Morgan fingerprint density at radius 3 is 2.58 bits per heavy atom. The standard InChI is InChI=1S/C8H6N2O2/c11-7(12-8-9-10-8)6-4-2-1-3-5-6/h1-5H,(H,9,10). The van der Waals surface area contributed by atoms with Crippen LogP contribution in [0.2, 0.25) is 0 Å². The highest BCUT2D eigenvalue weighted by molar-refractivity contribution is 6.00. The molecular weight excluding hydrogens is 156 g/mol. The van der Waals surface area contributed by atoms with Crippen molar-refractivity contribution in [3.8, 4) is 0 Å². The number of hydrazone groups is 1. The first-order chi connectivity index (χ1) is 5.86. The fourth-order valence-corrected chi connectivity index (χ4v) is 0.789. The number of amidine groups is 1. The molecule has 4 heteroatoms. The van der Waals surface area contributed by atoms with Gasteiger partial charge in [-0.3, -0.25) is 0 Å². The van der Waals surface area contributed by atoms with Crippen molar-refractivity contribution in [1.29, 1.82) is 0 Å². The minimum atomic E-state index is -0.389. The van der Waals surface area contributed by atoms with Crippen LogP contribution in [0.4, 0.5) is 0 Å². The van der Waals surface area contributed by atoms with E-state index in [0.717, 1.165) is 0 Å². The molecule has 0 saturated carbocycles. The normalized spacial score (nSPS) is 12.8. The average molecular weight is 162 g/mol. The molecule has 1 N–H and O–H groups in total. The van der Waals surface area contributed by atoms with Gasteiger partial charge < -0.3 is 4.74 Å². The van der Waals surface area contributed by atoms with Crippen molar-refractivity contribution in [3.05, 3.63) is 35.9 Å². The van der Waals surface area contributed by atoms with Crippen LogP contribution in [0.5, 0.6) is 0 Å². The summed E-state index contributed by atoms with van der Waals surface area (Å²) in [5.74, 6) is -0.389. The van der Waals surface area contributed by atoms with Crippen LogP contribution >= 0.6 is 0 Å². The van der Waals surface area contributed by atoms with E-state index in [0.29, 0.717) is 5.56 Å². The molecule has 0 unspecified atom stereocenters. The summed E-state index contributed by atoms with van der Waals surface area (Å²) >= 11 is 0. The second kappa shape index (κ2) is 2.65. The van der Waals surface area contributed by atoms with Crippen LogP contribution in [0.25, 0.3) is 0 Å². The number of ether oxygens (including phenoxy) is 1. The Kier molecular flexibility index (Phi) is 1.51. The molecule has 4 nitrogen and oxygen atoms in total. The van der Waals surface area contributed by atoms with E-state index in [1.807, 2.05) is 6.07 Å². The van der Waals surface area contributed by atoms with E-state index in [1.165, 1.54) is 0 Å². The number of rotatable bonds is 1. The molecule has 12 heavy (non-hydrogen) atoms. The van der Waals surface area contributed by atoms with Crippen molar-refractivity contribution in [3.63, 3.8) is 0 Å². The lowest BCUT2D eigenvalue weighted by Crippen LogP contribution is -2.09. The summed E-state index contributed by atoms with van der Waals surface area (Å²) in [6, 6.07) is 9.04. The predicted octanol–water partition coefficient (Wildman–Crippen LogP) is 0.718. The largest absolute Gasteiger partial charge is 0.386 e. The lowest BCUT2D eigenvalue weighted by atomic mass is 10.2. The van der Waals surface area contributed by atoms with Gasteiger partial charge in [0.05, 0.1) is 5.56 Å². The number of carbonyl (C=O) groups excluding carboxylic acids is 1. The van der Waals surface area contributed by atoms with Crippen molar-refractivity contribution in [2.24, 2.45) is 5.10 Å². The smallest absolute Gasteiger partial charge is 0.345 e. The molecule has 0 saturated heterocycles. The quantitative estimate of drug-likeness (QED) is 0.619. The van der Waals surface area contributed by atoms with E-state index in [4.69, 9.17) is 4.74 Å². The van der Waals surface area contributed by atoms with Gasteiger partial charge in [0, 0.05) is 0 Å². The Bertz CT molecular complexity index is 332. The number of hydrogen-bond donors (Lipinski definition) is 1. The third-order valence-corrected chi connectivity index (χ3v) is 1.40. The van der Waals surface area contributed by atoms with Gasteiger partial charge in [-0.1, -0.05) is 18.2 Å². The summed E-state index contributed by atoms with van der Waals surface area (Å²) in [6.45, 7) is 0. The number of benzene rings is 1. The Morgan fingerprint density at radius 1 is 1.33 bits per heavy atom. The number of esters is 1. The zero-order chi connectivity index (χ0) is 8.39. The van der Waals surface area contributed by atoms with Gasteiger partial charge in [-0.15, -0.1) is 5.10 Å². The molecular formula is C8H6N2O2. The van der Waals surface area contributed by atoms with Gasteiger partial charge in [-0.05, 0) is 12.1 Å². The molecule has 2 rings (SSSR count). The molecule has 0 radical (unpaired) electrons. The van der Waals surface area contributed by atoms with Gasteiger partial charge in [0.15, 0.2) is 0 Å². The third kappa shape index (κ3) is 1.42. The molecule has 1 aromatic rings. The van der Waals surface area contributed by atoms with Crippen molar-refractivity contribution in [2.45, 2.75) is 0 Å². The zero-order valence-electron chi connectivity index (χ0n) is 6.15. The van der Waals surface area contributed by atoms with Gasteiger partial charge in [0.2, 0.25) is 0 Å². The lowest BCUT2D eigenvalue weighted by Gasteiger charge is -1.95. The first kappa shape index (κ1) is 6.84. The SMILES string of the molecule is O=C(OC1=NN1)c1ccccc1. The van der Waals surface area contributed by atoms with Crippen LogP contribution in [-0.2, 0) is 4.74 Å². The van der Waals surface area contributed by atoms with Crippen LogP contribution in [0.15, 0.2) is 35.4 Å². The Balaban J connectivity index is 2.08. The van der Waals surface area contributed by atoms with Crippen molar-refractivity contribution >= 4 is 12.0 Å². The molecule has 1 aliphatic heterocycles. The van der Waals surface area contributed by atoms with E-state index in [9.17, 15) is 4.79 Å². The number of carbonyl (C=O) groups is 1. The van der Waals surface area contributed by atoms with E-state index in [-0.39, 0.29) is 12.0 Å². The van der Waals surface area contributed by atoms with Crippen LogP contribution in [0.3, 0.4) is 0 Å². The summed E-state index contributed by atoms with van der Waals surface area (Å²) in [4.78, 5) is 11.2. The number of hydrogen-bond acceptors (Lipinski definition) is 4. The Hall–Kier alpha value is -1.84. The first-order valence-electron chi connectivity index (χ1n) is 3.47. The second-order valence-corrected chi connectivity index (χ2v) is 2.28. The minimum Gasteiger partial charge on any atom is -0.386 e. The van der Waals surface area contributed by atoms with E-state index in [2.05, 4.69) is 10.5 Å². The molecule has 1 heterocycles. The molecule has 0 atom stereocenters. The molecule has 1 aliphatic rings. The topological polar surface area (TPSA) is 60.6 Å². The summed E-state index contributed by atoms with van der Waals surface area (Å²) in [6.07, 6.45) is 0. The van der Waals surface area contributed by atoms with Gasteiger partial charge in [-0.25, -0.2) is 10.2 Å². The van der Waals surface area contributed by atoms with Gasteiger partial charge in [-0.2, -0.15) is 0 Å². The van der Waals surface area contributed by atoms with E-state index in [1.54, 1.807) is 24.3 Å². The third-order valence-electron chi connectivity index (χ3n) is 1.40. The average Bonchev–Trinajstić information content (AvgIpc) is 2.90. The zero-order valence-corrected chi connectivity index (χ0v) is 6.15. The van der Waals surface area contributed by atoms with E-state index < -0.39 is 0 Å². The Labute approximate surface area is 68.8 Å². The molecule has 0 spiro atoms. The number of nitrogens with zero attached hydrogens (tertiary/aromatic N) is 1. The van der Waals surface area contributed by atoms with Gasteiger partial charge >= 0.3 is 12.0 Å². The van der Waals surface area contributed by atoms with Crippen LogP contribution < -0.4 is 5.43 Å². The summed E-state index contributed by atoms with van der Waals surface area (Å²) in [5.41, 5.74) is 2.96.